The van der Waals surface area contributed by atoms with E-state index < -0.39 is 0 Å². The number of amides is 2. The topological polar surface area (TPSA) is 79.2 Å². The average Bonchev–Trinajstić information content (AvgIpc) is 3.16. The molecule has 1 aromatic carbocycles. The lowest BCUT2D eigenvalue weighted by Crippen LogP contribution is -2.52. The minimum absolute atomic E-state index is 0.0109. The molecule has 0 saturated carbocycles. The Kier molecular flexibility index (Phi) is 5.47. The number of carbonyl (C=O) groups excluding carboxylic acids is 1. The summed E-state index contributed by atoms with van der Waals surface area (Å²) in [5.74, 6) is 0.724. The molecule has 0 bridgehead atoms. The molecular weight excluding hydrogens is 318 g/mol. The van der Waals surface area contributed by atoms with Crippen molar-refractivity contribution in [3.05, 3.63) is 29.8 Å². The number of nitrogens with one attached hydrogen (secondary N) is 1. The molecule has 0 atom stereocenters. The fourth-order valence-corrected chi connectivity index (χ4v) is 2.91. The second-order valence-corrected chi connectivity index (χ2v) is 6.12. The number of aryl methyl sites for hydroxylation is 1. The van der Waals surface area contributed by atoms with Crippen LogP contribution < -0.4 is 10.2 Å². The van der Waals surface area contributed by atoms with E-state index in [-0.39, 0.29) is 6.03 Å². The van der Waals surface area contributed by atoms with Crippen LogP contribution in [-0.4, -0.2) is 63.9 Å². The number of aromatic nitrogens is 4. The summed E-state index contributed by atoms with van der Waals surface area (Å²) in [5, 5.41) is 15.1. The summed E-state index contributed by atoms with van der Waals surface area (Å²) >= 11 is 0. The Balaban J connectivity index is 1.68. The van der Waals surface area contributed by atoms with Crippen LogP contribution in [0.3, 0.4) is 0 Å². The third-order valence-corrected chi connectivity index (χ3v) is 4.39. The summed E-state index contributed by atoms with van der Waals surface area (Å²) in [6.07, 6.45) is 1.91. The summed E-state index contributed by atoms with van der Waals surface area (Å²) in [7, 11) is 0. The van der Waals surface area contributed by atoms with Crippen molar-refractivity contribution in [2.24, 2.45) is 0 Å². The van der Waals surface area contributed by atoms with Gasteiger partial charge in [-0.25, -0.2) is 4.79 Å². The third kappa shape index (κ3) is 3.89. The molecule has 8 heteroatoms. The molecule has 2 heterocycles. The van der Waals surface area contributed by atoms with Gasteiger partial charge in [0.1, 0.15) is 0 Å². The average molecular weight is 343 g/mol. The highest BCUT2D eigenvalue weighted by Gasteiger charge is 2.24. The predicted molar refractivity (Wildman–Crippen MR) is 96.0 cm³/mol. The van der Waals surface area contributed by atoms with Gasteiger partial charge in [0.2, 0.25) is 5.95 Å². The Morgan fingerprint density at radius 1 is 1.20 bits per heavy atom. The van der Waals surface area contributed by atoms with Gasteiger partial charge in [-0.2, -0.15) is 4.68 Å². The molecule has 0 aliphatic carbocycles. The van der Waals surface area contributed by atoms with Gasteiger partial charge >= 0.3 is 6.03 Å². The lowest BCUT2D eigenvalue weighted by molar-refractivity contribution is 0.194. The van der Waals surface area contributed by atoms with E-state index in [4.69, 9.17) is 0 Å². The quantitative estimate of drug-likeness (QED) is 0.889. The van der Waals surface area contributed by atoms with Crippen molar-refractivity contribution in [2.75, 3.05) is 37.6 Å². The van der Waals surface area contributed by atoms with Crippen LogP contribution in [0.15, 0.2) is 24.3 Å². The van der Waals surface area contributed by atoms with Crippen LogP contribution in [0.1, 0.15) is 25.8 Å². The second kappa shape index (κ2) is 7.96. The van der Waals surface area contributed by atoms with Crippen LogP contribution in [-0.2, 0) is 6.42 Å². The lowest BCUT2D eigenvalue weighted by Gasteiger charge is -2.34. The number of benzene rings is 1. The second-order valence-electron chi connectivity index (χ2n) is 6.12. The highest BCUT2D eigenvalue weighted by atomic mass is 16.2. The summed E-state index contributed by atoms with van der Waals surface area (Å²) in [5.41, 5.74) is 2.21. The zero-order valence-electron chi connectivity index (χ0n) is 14.9. The van der Waals surface area contributed by atoms with Crippen molar-refractivity contribution in [3.63, 3.8) is 0 Å². The summed E-state index contributed by atoms with van der Waals surface area (Å²) in [6, 6.07) is 8.25. The number of anilines is 1. The van der Waals surface area contributed by atoms with Gasteiger partial charge < -0.3 is 15.1 Å². The maximum absolute atomic E-state index is 12.1. The number of hydrogen-bond acceptors (Lipinski definition) is 5. The standard InChI is InChI=1S/C17H25N7O/c1-3-8-18-17(25)23-11-9-22(10-12-23)16-19-20-21-24(16)15-7-5-6-14(4-2)13-15/h5-7,13H,3-4,8-12H2,1-2H3,(H,18,25). The van der Waals surface area contributed by atoms with Gasteiger partial charge in [0.25, 0.3) is 0 Å². The largest absolute Gasteiger partial charge is 0.338 e. The molecule has 1 aliphatic heterocycles. The van der Waals surface area contributed by atoms with E-state index in [1.54, 1.807) is 4.68 Å². The van der Waals surface area contributed by atoms with Crippen molar-refractivity contribution in [1.29, 1.82) is 0 Å². The zero-order valence-corrected chi connectivity index (χ0v) is 14.9. The van der Waals surface area contributed by atoms with Gasteiger partial charge in [0, 0.05) is 32.7 Å². The van der Waals surface area contributed by atoms with E-state index in [0.717, 1.165) is 24.5 Å². The Morgan fingerprint density at radius 2 is 2.00 bits per heavy atom. The van der Waals surface area contributed by atoms with E-state index in [1.807, 2.05) is 24.0 Å². The Hall–Kier alpha value is -2.64. The number of carbonyl (C=O) groups is 1. The molecule has 1 fully saturated rings. The molecule has 1 aromatic heterocycles. The van der Waals surface area contributed by atoms with Crippen LogP contribution in [0.2, 0.25) is 0 Å². The zero-order chi connectivity index (χ0) is 17.6. The first kappa shape index (κ1) is 17.2. The normalized spacial score (nSPS) is 14.6. The molecule has 2 aromatic rings. The Labute approximate surface area is 147 Å². The van der Waals surface area contributed by atoms with Gasteiger partial charge in [-0.3, -0.25) is 0 Å². The molecule has 134 valence electrons. The Morgan fingerprint density at radius 3 is 2.72 bits per heavy atom. The molecule has 1 aliphatic rings. The molecular formula is C17H25N7O. The van der Waals surface area contributed by atoms with E-state index in [9.17, 15) is 4.79 Å². The van der Waals surface area contributed by atoms with E-state index in [0.29, 0.717) is 32.7 Å². The molecule has 0 radical (unpaired) electrons. The molecule has 2 amide bonds. The molecule has 3 rings (SSSR count). The number of hydrogen-bond donors (Lipinski definition) is 1. The van der Waals surface area contributed by atoms with Crippen LogP contribution in [0.4, 0.5) is 10.7 Å². The van der Waals surface area contributed by atoms with Crippen molar-refractivity contribution < 1.29 is 4.79 Å². The minimum Gasteiger partial charge on any atom is -0.338 e. The lowest BCUT2D eigenvalue weighted by atomic mass is 10.1. The number of nitrogens with zero attached hydrogens (tertiary/aromatic N) is 6. The van der Waals surface area contributed by atoms with Crippen molar-refractivity contribution >= 4 is 12.0 Å². The van der Waals surface area contributed by atoms with Gasteiger partial charge in [-0.15, -0.1) is 0 Å². The minimum atomic E-state index is 0.0109. The van der Waals surface area contributed by atoms with Crippen LogP contribution in [0.5, 0.6) is 0 Å². The number of tetrazole rings is 1. The first-order chi connectivity index (χ1) is 12.2. The smallest absolute Gasteiger partial charge is 0.317 e. The van der Waals surface area contributed by atoms with Crippen molar-refractivity contribution in [3.8, 4) is 5.69 Å². The predicted octanol–water partition coefficient (Wildman–Crippen LogP) is 1.47. The SMILES string of the molecule is CCCNC(=O)N1CCN(c2nnnn2-c2cccc(CC)c2)CC1. The molecule has 25 heavy (non-hydrogen) atoms. The maximum atomic E-state index is 12.1. The van der Waals surface area contributed by atoms with Gasteiger partial charge in [-0.1, -0.05) is 31.1 Å². The summed E-state index contributed by atoms with van der Waals surface area (Å²) in [6.45, 7) is 7.65. The highest BCUT2D eigenvalue weighted by Crippen LogP contribution is 2.18. The van der Waals surface area contributed by atoms with Crippen LogP contribution in [0.25, 0.3) is 5.69 Å². The Bertz CT molecular complexity index is 707. The first-order valence-electron chi connectivity index (χ1n) is 8.88. The number of urea groups is 1. The monoisotopic (exact) mass is 343 g/mol. The van der Waals surface area contributed by atoms with Crippen LogP contribution in [0, 0.1) is 0 Å². The third-order valence-electron chi connectivity index (χ3n) is 4.39. The molecule has 0 spiro atoms. The van der Waals surface area contributed by atoms with Crippen LogP contribution >= 0.6 is 0 Å². The maximum Gasteiger partial charge on any atom is 0.317 e. The highest BCUT2D eigenvalue weighted by molar-refractivity contribution is 5.74. The van der Waals surface area contributed by atoms with Crippen molar-refractivity contribution in [2.45, 2.75) is 26.7 Å². The molecule has 8 nitrogen and oxygen atoms in total. The number of rotatable bonds is 5. The van der Waals surface area contributed by atoms with Gasteiger partial charge in [-0.05, 0) is 41.0 Å². The fraction of sp³-hybridized carbons (Fsp3) is 0.529. The molecule has 1 saturated heterocycles. The summed E-state index contributed by atoms with van der Waals surface area (Å²) in [4.78, 5) is 16.0. The molecule has 1 N–H and O–H groups in total. The summed E-state index contributed by atoms with van der Waals surface area (Å²) < 4.78 is 1.77. The first-order valence-corrected chi connectivity index (χ1v) is 8.88. The van der Waals surface area contributed by atoms with E-state index in [2.05, 4.69) is 44.8 Å². The van der Waals surface area contributed by atoms with Crippen molar-refractivity contribution in [1.82, 2.24) is 30.4 Å². The van der Waals surface area contributed by atoms with E-state index in [1.165, 1.54) is 5.56 Å². The molecule has 0 unspecified atom stereocenters. The number of piperazine rings is 1. The van der Waals surface area contributed by atoms with Gasteiger partial charge in [0.15, 0.2) is 0 Å². The van der Waals surface area contributed by atoms with E-state index >= 15 is 0 Å². The fourth-order valence-electron chi connectivity index (χ4n) is 2.91. The van der Waals surface area contributed by atoms with Gasteiger partial charge in [0.05, 0.1) is 5.69 Å².